The average Bonchev–Trinajstić information content (AvgIpc) is 2.67. The van der Waals surface area contributed by atoms with E-state index < -0.39 is 11.8 Å². The van der Waals surface area contributed by atoms with E-state index in [0.29, 0.717) is 10.6 Å². The second-order valence-corrected chi connectivity index (χ2v) is 4.11. The molecule has 7 heteroatoms. The Labute approximate surface area is 138 Å². The van der Waals surface area contributed by atoms with E-state index in [1.54, 1.807) is 24.4 Å². The number of halogens is 3. The third-order valence-corrected chi connectivity index (χ3v) is 3.07. The van der Waals surface area contributed by atoms with Gasteiger partial charge in [0.25, 0.3) is 0 Å². The second kappa shape index (κ2) is 5.79. The normalized spacial score (nSPS) is 10.9. The molecule has 1 nitrogen and oxygen atoms in total. The van der Waals surface area contributed by atoms with Gasteiger partial charge in [-0.1, -0.05) is 16.9 Å². The van der Waals surface area contributed by atoms with Crippen molar-refractivity contribution in [2.24, 2.45) is 0 Å². The number of hydrogen-bond donors (Lipinski definition) is 0. The summed E-state index contributed by atoms with van der Waals surface area (Å²) in [6, 6.07) is 7.73. The number of aromatic nitrogens is 1. The van der Waals surface area contributed by atoms with Crippen LogP contribution in [0, 0.1) is 0 Å². The van der Waals surface area contributed by atoms with Gasteiger partial charge in [-0.05, 0) is 18.2 Å². The molecule has 0 aliphatic carbocycles. The van der Waals surface area contributed by atoms with Crippen LogP contribution in [-0.4, -0.2) is 12.0 Å². The summed E-state index contributed by atoms with van der Waals surface area (Å²) in [5.74, 6) is 0. The Morgan fingerprint density at radius 2 is 1.81 bits per heavy atom. The molecule has 2 heterocycles. The predicted molar refractivity (Wildman–Crippen MR) is 56.3 cm³/mol. The van der Waals surface area contributed by atoms with Crippen molar-refractivity contribution in [1.82, 2.24) is 4.98 Å². The van der Waals surface area contributed by atoms with Crippen LogP contribution in [0.15, 0.2) is 36.5 Å². The Kier molecular flexibility index (Phi) is 5.21. The van der Waals surface area contributed by atoms with Crippen LogP contribution in [0.2, 0.25) is 0 Å². The molecule has 2 aromatic rings. The fourth-order valence-corrected chi connectivity index (χ4v) is 2.06. The van der Waals surface area contributed by atoms with E-state index in [0.717, 1.165) is 17.4 Å². The number of thiophene rings is 1. The number of rotatable bonds is 2. The summed E-state index contributed by atoms with van der Waals surface area (Å²) >= 11 is 0.733. The molecule has 78 valence electrons. The van der Waals surface area contributed by atoms with E-state index >= 15 is 0 Å². The zero-order valence-electron chi connectivity index (χ0n) is 8.53. The van der Waals surface area contributed by atoms with E-state index in [-0.39, 0.29) is 51.4 Å². The van der Waals surface area contributed by atoms with Crippen LogP contribution in [0.4, 0.5) is 12.9 Å². The second-order valence-electron chi connectivity index (χ2n) is 2.99. The number of nitrogens with zero attached hydrogens (tertiary/aromatic N) is 1. The summed E-state index contributed by atoms with van der Waals surface area (Å²) in [6.45, 7) is -4.89. The quantitative estimate of drug-likeness (QED) is 0.691. The van der Waals surface area contributed by atoms with Gasteiger partial charge in [-0.25, -0.2) is 0 Å². The summed E-state index contributed by atoms with van der Waals surface area (Å²) in [5, 5.41) is 0. The van der Waals surface area contributed by atoms with Crippen LogP contribution in [0.1, 0.15) is 0 Å². The van der Waals surface area contributed by atoms with E-state index in [1.807, 2.05) is 0 Å². The van der Waals surface area contributed by atoms with Crippen molar-refractivity contribution >= 4 is 23.1 Å². The van der Waals surface area contributed by atoms with Gasteiger partial charge in [0.15, 0.2) is 0 Å². The molecule has 0 amide bonds. The molecule has 2 rings (SSSR count). The summed E-state index contributed by atoms with van der Waals surface area (Å²) < 4.78 is 36.6. The molecule has 0 aliphatic rings. The molecule has 0 radical (unpaired) electrons. The van der Waals surface area contributed by atoms with Gasteiger partial charge >= 0.3 is 58.4 Å². The Balaban J connectivity index is 0.00000128. The van der Waals surface area contributed by atoms with Crippen molar-refractivity contribution in [3.8, 4) is 10.6 Å². The van der Waals surface area contributed by atoms with Gasteiger partial charge in [-0.15, -0.1) is 0 Å². The molecule has 0 saturated carbocycles. The molecular weight excluding hydrogens is 261 g/mol. The third-order valence-electron chi connectivity index (χ3n) is 1.87. The van der Waals surface area contributed by atoms with Gasteiger partial charge in [0, 0.05) is 11.1 Å². The van der Waals surface area contributed by atoms with Crippen molar-refractivity contribution in [2.45, 2.75) is 0 Å². The first-order valence-corrected chi connectivity index (χ1v) is 5.10. The molecule has 0 spiro atoms. The van der Waals surface area contributed by atoms with Crippen molar-refractivity contribution in [1.29, 1.82) is 0 Å². The smallest absolute Gasteiger partial charge is 0.444 e. The summed E-state index contributed by atoms with van der Waals surface area (Å²) in [5.41, 5.74) is 0.578. The van der Waals surface area contributed by atoms with Gasteiger partial charge in [0.05, 0.1) is 5.69 Å². The van der Waals surface area contributed by atoms with Crippen molar-refractivity contribution in [3.63, 3.8) is 0 Å². The standard InChI is InChI=1S/C9H6BF3NS.K/c11-10(12,13)9-5-4-8(15-9)7-3-1-2-6-14-7;/h1-6H;/q-1;+1. The Morgan fingerprint density at radius 1 is 1.06 bits per heavy atom. The minimum absolute atomic E-state index is 0. The number of pyridine rings is 1. The maximum absolute atomic E-state index is 12.4. The molecular formula is C9H6BF3KNS. The van der Waals surface area contributed by atoms with E-state index in [2.05, 4.69) is 4.98 Å². The molecule has 0 fully saturated rings. The first kappa shape index (κ1) is 14.4. The SMILES string of the molecule is F[B-](F)(F)c1ccc(-c2ccccn2)s1.[K+]. The van der Waals surface area contributed by atoms with Crippen LogP contribution in [0.5, 0.6) is 0 Å². The van der Waals surface area contributed by atoms with Gasteiger partial charge in [-0.2, -0.15) is 11.3 Å². The molecule has 0 bridgehead atoms. The fourth-order valence-electron chi connectivity index (χ4n) is 1.17. The molecule has 0 saturated heterocycles. The first-order valence-electron chi connectivity index (χ1n) is 4.28. The minimum Gasteiger partial charge on any atom is -0.444 e. The first-order chi connectivity index (χ1) is 7.07. The fraction of sp³-hybridized carbons (Fsp3) is 0. The van der Waals surface area contributed by atoms with Crippen molar-refractivity contribution in [2.75, 3.05) is 0 Å². The summed E-state index contributed by atoms with van der Waals surface area (Å²) in [7, 11) is 0. The summed E-state index contributed by atoms with van der Waals surface area (Å²) in [4.78, 5) is 4.54. The third kappa shape index (κ3) is 3.41. The molecule has 0 unspecified atom stereocenters. The van der Waals surface area contributed by atoms with Gasteiger partial charge < -0.3 is 12.9 Å². The minimum atomic E-state index is -4.89. The maximum Gasteiger partial charge on any atom is 1.00 e. The Bertz CT molecular complexity index is 457. The van der Waals surface area contributed by atoms with Gasteiger partial charge in [0.1, 0.15) is 0 Å². The van der Waals surface area contributed by atoms with Crippen LogP contribution in [0.25, 0.3) is 10.6 Å². The number of hydrogen-bond acceptors (Lipinski definition) is 2. The summed E-state index contributed by atoms with van der Waals surface area (Å²) in [6.07, 6.45) is 1.56. The maximum atomic E-state index is 12.4. The Hall–Kier alpha value is 0.341. The monoisotopic (exact) mass is 267 g/mol. The molecule has 0 aromatic carbocycles. The zero-order valence-corrected chi connectivity index (χ0v) is 12.5. The van der Waals surface area contributed by atoms with E-state index in [1.165, 1.54) is 6.07 Å². The van der Waals surface area contributed by atoms with Crippen molar-refractivity contribution in [3.05, 3.63) is 36.5 Å². The molecule has 2 aromatic heterocycles. The van der Waals surface area contributed by atoms with E-state index in [9.17, 15) is 12.9 Å². The van der Waals surface area contributed by atoms with Gasteiger partial charge in [-0.3, -0.25) is 4.98 Å². The van der Waals surface area contributed by atoms with Gasteiger partial charge in [0.2, 0.25) is 0 Å². The van der Waals surface area contributed by atoms with Crippen molar-refractivity contribution < 1.29 is 64.3 Å². The molecule has 0 aliphatic heterocycles. The average molecular weight is 267 g/mol. The zero-order chi connectivity index (χ0) is 10.9. The molecule has 16 heavy (non-hydrogen) atoms. The van der Waals surface area contributed by atoms with E-state index in [4.69, 9.17) is 0 Å². The topological polar surface area (TPSA) is 12.9 Å². The van der Waals surface area contributed by atoms with Crippen LogP contribution in [-0.2, 0) is 0 Å². The predicted octanol–water partition coefficient (Wildman–Crippen LogP) is -0.132. The van der Waals surface area contributed by atoms with Crippen LogP contribution >= 0.6 is 11.3 Å². The molecule has 0 atom stereocenters. The largest absolute Gasteiger partial charge is 1.00 e. The van der Waals surface area contributed by atoms with Crippen LogP contribution < -0.4 is 56.2 Å². The van der Waals surface area contributed by atoms with Crippen LogP contribution in [0.3, 0.4) is 0 Å². The Morgan fingerprint density at radius 3 is 2.31 bits per heavy atom. The molecule has 0 N–H and O–H groups in total.